The van der Waals surface area contributed by atoms with E-state index in [0.717, 1.165) is 12.2 Å². The zero-order valence-corrected chi connectivity index (χ0v) is 8.88. The second-order valence-corrected chi connectivity index (χ2v) is 4.08. The predicted molar refractivity (Wildman–Crippen MR) is 60.1 cm³/mol. The molecule has 2 heteroatoms. The van der Waals surface area contributed by atoms with Crippen LogP contribution in [0.5, 0.6) is 5.75 Å². The number of ether oxygens (including phenoxy) is 1. The van der Waals surface area contributed by atoms with Gasteiger partial charge in [0.15, 0.2) is 0 Å². The summed E-state index contributed by atoms with van der Waals surface area (Å²) in [5, 5.41) is 2.07. The zero-order chi connectivity index (χ0) is 9.80. The molecule has 0 bridgehead atoms. The van der Waals surface area contributed by atoms with E-state index < -0.39 is 0 Å². The number of hydrogen-bond donors (Lipinski definition) is 0. The molecule has 1 nitrogen and oxygen atoms in total. The molecule has 0 saturated carbocycles. The summed E-state index contributed by atoms with van der Waals surface area (Å²) in [6.45, 7) is 0. The van der Waals surface area contributed by atoms with Crippen molar-refractivity contribution in [3.8, 4) is 5.75 Å². The highest BCUT2D eigenvalue weighted by Gasteiger charge is 2.04. The Labute approximate surface area is 88.0 Å². The topological polar surface area (TPSA) is 9.23 Å². The van der Waals surface area contributed by atoms with Crippen LogP contribution in [0.4, 0.5) is 0 Å². The van der Waals surface area contributed by atoms with Gasteiger partial charge in [0.05, 0.1) is 12.0 Å². The van der Waals surface area contributed by atoms with E-state index in [0.29, 0.717) is 0 Å². The zero-order valence-electron chi connectivity index (χ0n) is 8.07. The summed E-state index contributed by atoms with van der Waals surface area (Å²) in [6.07, 6.45) is 0.960. The lowest BCUT2D eigenvalue weighted by Crippen LogP contribution is -1.88. The van der Waals surface area contributed by atoms with Gasteiger partial charge in [0.1, 0.15) is 5.75 Å². The summed E-state index contributed by atoms with van der Waals surface area (Å²) in [6, 6.07) is 12.5. The van der Waals surface area contributed by atoms with E-state index >= 15 is 0 Å². The molecule has 1 heterocycles. The molecule has 0 aliphatic rings. The fourth-order valence-corrected chi connectivity index (χ4v) is 2.29. The molecule has 1 aromatic carbocycles. The maximum absolute atomic E-state index is 5.27. The molecular weight excluding hydrogens is 192 g/mol. The molecule has 14 heavy (non-hydrogen) atoms. The Morgan fingerprint density at radius 2 is 1.93 bits per heavy atom. The summed E-state index contributed by atoms with van der Waals surface area (Å²) in [7, 11) is 1.72. The largest absolute Gasteiger partial charge is 0.496 e. The van der Waals surface area contributed by atoms with Crippen LogP contribution in [0, 0.1) is 0 Å². The van der Waals surface area contributed by atoms with Crippen molar-refractivity contribution in [3.05, 3.63) is 52.2 Å². The molecule has 0 aliphatic heterocycles. The molecule has 1 aromatic heterocycles. The molecule has 0 saturated heterocycles. The molecule has 0 aliphatic carbocycles. The van der Waals surface area contributed by atoms with Crippen LogP contribution in [-0.4, -0.2) is 7.11 Å². The van der Waals surface area contributed by atoms with Gasteiger partial charge in [-0.3, -0.25) is 0 Å². The fraction of sp³-hybridized carbons (Fsp3) is 0.167. The summed E-state index contributed by atoms with van der Waals surface area (Å²) >= 11 is 1.74. The van der Waals surface area contributed by atoms with Crippen LogP contribution in [-0.2, 0) is 6.42 Å². The summed E-state index contributed by atoms with van der Waals surface area (Å²) in [4.78, 5) is 1.29. The Morgan fingerprint density at radius 3 is 2.64 bits per heavy atom. The van der Waals surface area contributed by atoms with Gasteiger partial charge < -0.3 is 4.74 Å². The molecule has 72 valence electrons. The van der Waals surface area contributed by atoms with Gasteiger partial charge in [-0.25, -0.2) is 0 Å². The van der Waals surface area contributed by atoms with E-state index in [4.69, 9.17) is 4.74 Å². The highest BCUT2D eigenvalue weighted by Crippen LogP contribution is 2.26. The van der Waals surface area contributed by atoms with Crippen LogP contribution in [0.3, 0.4) is 0 Å². The predicted octanol–water partition coefficient (Wildman–Crippen LogP) is 3.35. The standard InChI is InChI=1S/C12H12OS/c1-13-11-7-8-14-12(11)9-10-5-3-2-4-6-10/h2-8H,9H2,1H3. The van der Waals surface area contributed by atoms with Crippen molar-refractivity contribution in [2.24, 2.45) is 0 Å². The first-order valence-corrected chi connectivity index (χ1v) is 5.42. The van der Waals surface area contributed by atoms with Crippen LogP contribution in [0.25, 0.3) is 0 Å². The second-order valence-electron chi connectivity index (χ2n) is 3.07. The Bertz CT molecular complexity index is 392. The molecule has 0 N–H and O–H groups in total. The SMILES string of the molecule is COc1ccsc1Cc1ccccc1. The van der Waals surface area contributed by atoms with Gasteiger partial charge in [0.25, 0.3) is 0 Å². The van der Waals surface area contributed by atoms with Crippen molar-refractivity contribution < 1.29 is 4.74 Å². The Balaban J connectivity index is 2.19. The number of hydrogen-bond acceptors (Lipinski definition) is 2. The van der Waals surface area contributed by atoms with Gasteiger partial charge in [-0.2, -0.15) is 0 Å². The fourth-order valence-electron chi connectivity index (χ4n) is 1.42. The number of benzene rings is 1. The smallest absolute Gasteiger partial charge is 0.133 e. The molecule has 0 amide bonds. The third-order valence-corrected chi connectivity index (χ3v) is 3.03. The van der Waals surface area contributed by atoms with Crippen molar-refractivity contribution in [1.29, 1.82) is 0 Å². The minimum Gasteiger partial charge on any atom is -0.496 e. The van der Waals surface area contributed by atoms with E-state index in [9.17, 15) is 0 Å². The average molecular weight is 204 g/mol. The third kappa shape index (κ3) is 1.96. The van der Waals surface area contributed by atoms with Gasteiger partial charge >= 0.3 is 0 Å². The summed E-state index contributed by atoms with van der Waals surface area (Å²) in [5.41, 5.74) is 1.33. The first-order chi connectivity index (χ1) is 6.90. The van der Waals surface area contributed by atoms with Crippen molar-refractivity contribution in [3.63, 3.8) is 0 Å². The van der Waals surface area contributed by atoms with E-state index in [1.54, 1.807) is 18.4 Å². The van der Waals surface area contributed by atoms with Gasteiger partial charge in [0, 0.05) is 6.42 Å². The van der Waals surface area contributed by atoms with Gasteiger partial charge in [-0.05, 0) is 17.0 Å². The minimum absolute atomic E-state index is 0.960. The van der Waals surface area contributed by atoms with E-state index in [1.807, 2.05) is 12.1 Å². The van der Waals surface area contributed by atoms with Crippen LogP contribution < -0.4 is 4.74 Å². The van der Waals surface area contributed by atoms with Crippen LogP contribution in [0.2, 0.25) is 0 Å². The van der Waals surface area contributed by atoms with E-state index in [-0.39, 0.29) is 0 Å². The van der Waals surface area contributed by atoms with Gasteiger partial charge in [-0.15, -0.1) is 11.3 Å². The number of methoxy groups -OCH3 is 1. The lowest BCUT2D eigenvalue weighted by molar-refractivity contribution is 0.413. The first-order valence-electron chi connectivity index (χ1n) is 4.54. The van der Waals surface area contributed by atoms with Crippen molar-refractivity contribution in [2.75, 3.05) is 7.11 Å². The monoisotopic (exact) mass is 204 g/mol. The molecule has 0 radical (unpaired) electrons. The molecule has 0 unspecified atom stereocenters. The van der Waals surface area contributed by atoms with Crippen molar-refractivity contribution >= 4 is 11.3 Å². The number of rotatable bonds is 3. The van der Waals surface area contributed by atoms with Crippen molar-refractivity contribution in [2.45, 2.75) is 6.42 Å². The summed E-state index contributed by atoms with van der Waals surface area (Å²) in [5.74, 6) is 0.999. The molecular formula is C12H12OS. The molecule has 0 atom stereocenters. The lowest BCUT2D eigenvalue weighted by atomic mass is 10.1. The highest BCUT2D eigenvalue weighted by atomic mass is 32.1. The third-order valence-electron chi connectivity index (χ3n) is 2.13. The molecule has 0 fully saturated rings. The lowest BCUT2D eigenvalue weighted by Gasteiger charge is -2.02. The number of thiophene rings is 1. The Morgan fingerprint density at radius 1 is 1.14 bits per heavy atom. The van der Waals surface area contributed by atoms with E-state index in [1.165, 1.54) is 10.4 Å². The molecule has 0 spiro atoms. The van der Waals surface area contributed by atoms with Crippen LogP contribution >= 0.6 is 11.3 Å². The quantitative estimate of drug-likeness (QED) is 0.745. The van der Waals surface area contributed by atoms with Crippen LogP contribution in [0.15, 0.2) is 41.8 Å². The average Bonchev–Trinajstić information content (AvgIpc) is 2.67. The Hall–Kier alpha value is -1.28. The van der Waals surface area contributed by atoms with Crippen molar-refractivity contribution in [1.82, 2.24) is 0 Å². The normalized spacial score (nSPS) is 10.1. The summed E-state index contributed by atoms with van der Waals surface area (Å²) < 4.78 is 5.27. The maximum Gasteiger partial charge on any atom is 0.133 e. The molecule has 2 rings (SSSR count). The molecule has 2 aromatic rings. The van der Waals surface area contributed by atoms with Crippen LogP contribution in [0.1, 0.15) is 10.4 Å². The first kappa shape index (κ1) is 9.28. The second kappa shape index (κ2) is 4.29. The van der Waals surface area contributed by atoms with E-state index in [2.05, 4.69) is 29.6 Å². The Kier molecular flexibility index (Phi) is 2.84. The van der Waals surface area contributed by atoms with Gasteiger partial charge in [0.2, 0.25) is 0 Å². The maximum atomic E-state index is 5.27. The van der Waals surface area contributed by atoms with Gasteiger partial charge in [-0.1, -0.05) is 30.3 Å². The highest BCUT2D eigenvalue weighted by molar-refractivity contribution is 7.10. The minimum atomic E-state index is 0.960.